The Morgan fingerprint density at radius 3 is 2.20 bits per heavy atom. The second kappa shape index (κ2) is 6.54. The molecule has 0 saturated heterocycles. The van der Waals surface area contributed by atoms with Gasteiger partial charge in [0.15, 0.2) is 0 Å². The molecule has 5 rings (SSSR count). The second-order valence-electron chi connectivity index (χ2n) is 8.45. The Morgan fingerprint density at radius 1 is 1.12 bits per heavy atom. The van der Waals surface area contributed by atoms with Gasteiger partial charge in [-0.15, -0.1) is 0 Å². The van der Waals surface area contributed by atoms with Crippen molar-refractivity contribution < 1.29 is 9.18 Å². The number of nitrogens with zero attached hydrogens (tertiary/aromatic N) is 1. The molecule has 1 aromatic carbocycles. The fourth-order valence-electron chi connectivity index (χ4n) is 5.77. The maximum atomic E-state index is 13.2. The van der Waals surface area contributed by atoms with Crippen molar-refractivity contribution in [2.75, 3.05) is 0 Å². The highest BCUT2D eigenvalue weighted by molar-refractivity contribution is 6.01. The Hall–Kier alpha value is -1.71. The molecule has 0 atom stereocenters. The number of benzene rings is 1. The lowest BCUT2D eigenvalue weighted by Crippen LogP contribution is -2.52. The zero-order valence-corrected chi connectivity index (χ0v) is 14.9. The highest BCUT2D eigenvalue weighted by Gasteiger charge is 2.54. The van der Waals surface area contributed by atoms with Crippen LogP contribution >= 0.6 is 0 Å². The first-order valence-electron chi connectivity index (χ1n) is 9.71. The van der Waals surface area contributed by atoms with E-state index in [1.807, 2.05) is 0 Å². The predicted molar refractivity (Wildman–Crippen MR) is 96.6 cm³/mol. The molecule has 1 amide bonds. The van der Waals surface area contributed by atoms with Gasteiger partial charge in [-0.25, -0.2) is 9.82 Å². The third kappa shape index (κ3) is 3.23. The molecule has 4 fully saturated rings. The van der Waals surface area contributed by atoms with Crippen LogP contribution in [-0.2, 0) is 4.79 Å². The number of halogens is 1. The largest absolute Gasteiger partial charge is 0.273 e. The summed E-state index contributed by atoms with van der Waals surface area (Å²) >= 11 is 0. The molecule has 3 nitrogen and oxygen atoms in total. The molecule has 0 radical (unpaired) electrons. The number of carbonyl (C=O) groups excluding carboxylic acids is 1. The molecular weight excluding hydrogens is 315 g/mol. The van der Waals surface area contributed by atoms with E-state index in [1.54, 1.807) is 12.1 Å². The lowest BCUT2D eigenvalue weighted by atomic mass is 9.49. The van der Waals surface area contributed by atoms with Crippen molar-refractivity contribution in [3.05, 3.63) is 35.6 Å². The highest BCUT2D eigenvalue weighted by Crippen LogP contribution is 2.60. The van der Waals surface area contributed by atoms with Gasteiger partial charge in [0, 0.05) is 0 Å². The molecule has 1 N–H and O–H groups in total. The van der Waals surface area contributed by atoms with Crippen LogP contribution in [0, 0.1) is 29.0 Å². The average molecular weight is 342 g/mol. The molecule has 134 valence electrons. The summed E-state index contributed by atoms with van der Waals surface area (Å²) in [6, 6.07) is 6.37. The molecule has 4 saturated carbocycles. The van der Waals surface area contributed by atoms with E-state index < -0.39 is 0 Å². The SMILES string of the molecule is CCC/C(=N\NC(=O)C12CC3CC(CC(C3)C1)C2)c1ccc(F)cc1. The van der Waals surface area contributed by atoms with Crippen molar-refractivity contribution in [2.45, 2.75) is 58.3 Å². The summed E-state index contributed by atoms with van der Waals surface area (Å²) in [4.78, 5) is 13.0. The normalized spacial score (nSPS) is 33.5. The smallest absolute Gasteiger partial charge is 0.246 e. The van der Waals surface area contributed by atoms with E-state index in [-0.39, 0.29) is 17.1 Å². The van der Waals surface area contributed by atoms with E-state index in [4.69, 9.17) is 0 Å². The first kappa shape index (κ1) is 16.7. The molecule has 4 heteroatoms. The van der Waals surface area contributed by atoms with Crippen LogP contribution < -0.4 is 5.43 Å². The van der Waals surface area contributed by atoms with E-state index in [0.29, 0.717) is 0 Å². The highest BCUT2D eigenvalue weighted by atomic mass is 19.1. The topological polar surface area (TPSA) is 41.5 Å². The molecule has 0 aliphatic heterocycles. The number of rotatable bonds is 5. The van der Waals surface area contributed by atoms with Crippen LogP contribution in [0.4, 0.5) is 4.39 Å². The molecule has 4 aliphatic carbocycles. The summed E-state index contributed by atoms with van der Waals surface area (Å²) in [7, 11) is 0. The fraction of sp³-hybridized carbons (Fsp3) is 0.619. The first-order valence-corrected chi connectivity index (χ1v) is 9.71. The van der Waals surface area contributed by atoms with E-state index in [0.717, 1.165) is 61.1 Å². The van der Waals surface area contributed by atoms with Crippen molar-refractivity contribution in [1.29, 1.82) is 0 Å². The third-order valence-corrected chi connectivity index (χ3v) is 6.48. The summed E-state index contributed by atoms with van der Waals surface area (Å²) in [6.07, 6.45) is 8.81. The number of hydrogen-bond donors (Lipinski definition) is 1. The number of hydrazone groups is 1. The van der Waals surface area contributed by atoms with E-state index in [1.165, 1.54) is 31.4 Å². The summed E-state index contributed by atoms with van der Waals surface area (Å²) < 4.78 is 13.2. The quantitative estimate of drug-likeness (QED) is 0.613. The van der Waals surface area contributed by atoms with E-state index in [9.17, 15) is 9.18 Å². The standard InChI is InChI=1S/C21H27FN2O/c1-2-3-19(17-4-6-18(22)7-5-17)23-24-20(25)21-11-14-8-15(12-21)10-16(9-14)13-21/h4-7,14-16H,2-3,8-13H2,1H3,(H,24,25)/b23-19+. The van der Waals surface area contributed by atoms with Gasteiger partial charge in [-0.05, 0) is 80.4 Å². The Balaban J connectivity index is 1.51. The second-order valence-corrected chi connectivity index (χ2v) is 8.45. The monoisotopic (exact) mass is 342 g/mol. The molecule has 25 heavy (non-hydrogen) atoms. The zero-order chi connectivity index (χ0) is 17.4. The third-order valence-electron chi connectivity index (χ3n) is 6.48. The number of nitrogens with one attached hydrogen (secondary N) is 1. The minimum Gasteiger partial charge on any atom is -0.273 e. The summed E-state index contributed by atoms with van der Waals surface area (Å²) in [5.74, 6) is 2.09. The van der Waals surface area contributed by atoms with Crippen molar-refractivity contribution in [3.8, 4) is 0 Å². The van der Waals surface area contributed by atoms with Crippen molar-refractivity contribution in [1.82, 2.24) is 5.43 Å². The van der Waals surface area contributed by atoms with Crippen LogP contribution in [0.1, 0.15) is 63.9 Å². The van der Waals surface area contributed by atoms with Gasteiger partial charge >= 0.3 is 0 Å². The maximum Gasteiger partial charge on any atom is 0.246 e. The van der Waals surface area contributed by atoms with E-state index >= 15 is 0 Å². The maximum absolute atomic E-state index is 13.2. The Labute approximate surface area is 149 Å². The minimum absolute atomic E-state index is 0.113. The van der Waals surface area contributed by atoms with Gasteiger partial charge in [-0.1, -0.05) is 25.5 Å². The predicted octanol–water partition coefficient (Wildman–Crippen LogP) is 4.66. The first-order chi connectivity index (χ1) is 12.1. The molecular formula is C21H27FN2O. The summed E-state index contributed by atoms with van der Waals surface area (Å²) in [5.41, 5.74) is 4.43. The molecule has 0 unspecified atom stereocenters. The van der Waals surface area contributed by atoms with Gasteiger partial charge < -0.3 is 0 Å². The van der Waals surface area contributed by atoms with Crippen LogP contribution in [0.15, 0.2) is 29.4 Å². The van der Waals surface area contributed by atoms with Crippen LogP contribution in [0.25, 0.3) is 0 Å². The molecule has 0 aromatic heterocycles. The van der Waals surface area contributed by atoms with Gasteiger partial charge in [0.25, 0.3) is 0 Å². The summed E-state index contributed by atoms with van der Waals surface area (Å²) in [5, 5.41) is 4.47. The number of amides is 1. The summed E-state index contributed by atoms with van der Waals surface area (Å²) in [6.45, 7) is 2.08. The van der Waals surface area contributed by atoms with Crippen LogP contribution in [0.2, 0.25) is 0 Å². The van der Waals surface area contributed by atoms with Crippen molar-refractivity contribution >= 4 is 11.6 Å². The van der Waals surface area contributed by atoms with Gasteiger partial charge in [-0.2, -0.15) is 5.10 Å². The molecule has 1 aromatic rings. The number of carbonyl (C=O) groups is 1. The Kier molecular flexibility index (Phi) is 4.38. The van der Waals surface area contributed by atoms with E-state index in [2.05, 4.69) is 17.5 Å². The lowest BCUT2D eigenvalue weighted by molar-refractivity contribution is -0.146. The average Bonchev–Trinajstić information content (AvgIpc) is 2.58. The van der Waals surface area contributed by atoms with Gasteiger partial charge in [0.1, 0.15) is 5.82 Å². The molecule has 0 heterocycles. The lowest BCUT2D eigenvalue weighted by Gasteiger charge is -2.55. The number of hydrogen-bond acceptors (Lipinski definition) is 2. The Morgan fingerprint density at radius 2 is 1.68 bits per heavy atom. The fourth-order valence-corrected chi connectivity index (χ4v) is 5.77. The Bertz CT molecular complexity index is 644. The van der Waals surface area contributed by atoms with Crippen LogP contribution in [-0.4, -0.2) is 11.6 Å². The van der Waals surface area contributed by atoms with Gasteiger partial charge in [-0.3, -0.25) is 4.79 Å². The van der Waals surface area contributed by atoms with Crippen LogP contribution in [0.5, 0.6) is 0 Å². The zero-order valence-electron chi connectivity index (χ0n) is 14.9. The van der Waals surface area contributed by atoms with Crippen molar-refractivity contribution in [2.24, 2.45) is 28.3 Å². The molecule has 4 aliphatic rings. The molecule has 4 bridgehead atoms. The van der Waals surface area contributed by atoms with Gasteiger partial charge in [0.2, 0.25) is 5.91 Å². The molecule has 0 spiro atoms. The van der Waals surface area contributed by atoms with Crippen LogP contribution in [0.3, 0.4) is 0 Å². The van der Waals surface area contributed by atoms with Crippen molar-refractivity contribution in [3.63, 3.8) is 0 Å². The van der Waals surface area contributed by atoms with Gasteiger partial charge in [0.05, 0.1) is 11.1 Å². The minimum atomic E-state index is -0.253.